The molecule has 0 saturated carbocycles. The molecule has 1 N–H and O–H groups in total. The number of para-hydroxylation sites is 1. The number of anilines is 1. The zero-order valence-electron chi connectivity index (χ0n) is 14.7. The molecule has 0 amide bonds. The summed E-state index contributed by atoms with van der Waals surface area (Å²) < 4.78 is 37.1. The lowest BCUT2D eigenvalue weighted by molar-refractivity contribution is 0.0730. The third-order valence-corrected chi connectivity index (χ3v) is 6.12. The van der Waals surface area contributed by atoms with E-state index in [2.05, 4.69) is 10.3 Å². The van der Waals surface area contributed by atoms with Crippen molar-refractivity contribution in [1.29, 1.82) is 0 Å². The van der Waals surface area contributed by atoms with Gasteiger partial charge in [-0.15, -0.1) is 0 Å². The number of nitrogens with zero attached hydrogens (tertiary/aromatic N) is 2. The van der Waals surface area contributed by atoms with Gasteiger partial charge in [0.2, 0.25) is 10.0 Å². The van der Waals surface area contributed by atoms with Crippen molar-refractivity contribution in [2.45, 2.75) is 11.3 Å². The first-order valence-corrected chi connectivity index (χ1v) is 9.95. The van der Waals surface area contributed by atoms with E-state index in [1.165, 1.54) is 10.5 Å². The molecule has 0 bridgehead atoms. The summed E-state index contributed by atoms with van der Waals surface area (Å²) in [7, 11) is -1.85. The summed E-state index contributed by atoms with van der Waals surface area (Å²) in [5.41, 5.74) is 1.11. The zero-order chi connectivity index (χ0) is 18.4. The van der Waals surface area contributed by atoms with Crippen LogP contribution >= 0.6 is 0 Å². The van der Waals surface area contributed by atoms with Gasteiger partial charge >= 0.3 is 0 Å². The third-order valence-electron chi connectivity index (χ3n) is 4.24. The first-order valence-electron chi connectivity index (χ1n) is 8.51. The van der Waals surface area contributed by atoms with Crippen molar-refractivity contribution in [2.75, 3.05) is 45.3 Å². The number of rotatable bonds is 7. The highest BCUT2D eigenvalue weighted by atomic mass is 32.2. The molecular formula is C18H23N3O4S. The van der Waals surface area contributed by atoms with E-state index >= 15 is 0 Å². The summed E-state index contributed by atoms with van der Waals surface area (Å²) in [5.74, 6) is 1.50. The second kappa shape index (κ2) is 8.48. The van der Waals surface area contributed by atoms with Crippen LogP contribution in [-0.4, -0.2) is 57.7 Å². The third kappa shape index (κ3) is 4.32. The minimum Gasteiger partial charge on any atom is -0.496 e. The number of hydrogen-bond donors (Lipinski definition) is 1. The van der Waals surface area contributed by atoms with Crippen LogP contribution in [0.4, 0.5) is 5.82 Å². The molecule has 1 aromatic heterocycles. The average molecular weight is 377 g/mol. The number of benzene rings is 1. The van der Waals surface area contributed by atoms with E-state index in [1.54, 1.807) is 19.2 Å². The monoisotopic (exact) mass is 377 g/mol. The highest BCUT2D eigenvalue weighted by Gasteiger charge is 2.26. The van der Waals surface area contributed by atoms with Gasteiger partial charge in [0.05, 0.1) is 20.3 Å². The summed E-state index contributed by atoms with van der Waals surface area (Å²) in [6.07, 6.45) is 2.18. The lowest BCUT2D eigenvalue weighted by Gasteiger charge is -2.25. The number of pyridine rings is 1. The minimum atomic E-state index is -3.50. The van der Waals surface area contributed by atoms with Gasteiger partial charge in [-0.05, 0) is 30.2 Å². The van der Waals surface area contributed by atoms with Crippen LogP contribution in [0.25, 0.3) is 0 Å². The van der Waals surface area contributed by atoms with Crippen molar-refractivity contribution < 1.29 is 17.9 Å². The first kappa shape index (κ1) is 18.6. The van der Waals surface area contributed by atoms with E-state index in [4.69, 9.17) is 9.47 Å². The molecule has 0 spiro atoms. The fraction of sp³-hybridized carbons (Fsp3) is 0.389. The van der Waals surface area contributed by atoms with Crippen LogP contribution in [-0.2, 0) is 21.2 Å². The van der Waals surface area contributed by atoms with Crippen LogP contribution in [0.1, 0.15) is 5.56 Å². The molecule has 1 aliphatic heterocycles. The Morgan fingerprint density at radius 2 is 1.96 bits per heavy atom. The van der Waals surface area contributed by atoms with E-state index in [-0.39, 0.29) is 4.90 Å². The van der Waals surface area contributed by atoms with Crippen molar-refractivity contribution >= 4 is 15.8 Å². The molecule has 0 unspecified atom stereocenters. The molecule has 1 saturated heterocycles. The Kier molecular flexibility index (Phi) is 6.08. The number of aromatic nitrogens is 1. The molecule has 3 rings (SSSR count). The average Bonchev–Trinajstić information content (AvgIpc) is 2.69. The van der Waals surface area contributed by atoms with E-state index in [1.807, 2.05) is 24.3 Å². The molecule has 26 heavy (non-hydrogen) atoms. The smallest absolute Gasteiger partial charge is 0.244 e. The van der Waals surface area contributed by atoms with Crippen LogP contribution < -0.4 is 10.1 Å². The maximum atomic E-state index is 12.6. The largest absolute Gasteiger partial charge is 0.496 e. The molecule has 7 nitrogen and oxygen atoms in total. The van der Waals surface area contributed by atoms with E-state index < -0.39 is 10.0 Å². The number of morpholine rings is 1. The molecule has 140 valence electrons. The number of nitrogens with one attached hydrogen (secondary N) is 1. The minimum absolute atomic E-state index is 0.203. The van der Waals surface area contributed by atoms with Crippen LogP contribution in [0.15, 0.2) is 47.5 Å². The molecule has 0 atom stereocenters. The second-order valence-corrected chi connectivity index (χ2v) is 7.82. The maximum Gasteiger partial charge on any atom is 0.244 e. The highest BCUT2D eigenvalue weighted by molar-refractivity contribution is 7.89. The van der Waals surface area contributed by atoms with Crippen molar-refractivity contribution in [1.82, 2.24) is 9.29 Å². The standard InChI is InChI=1S/C18H23N3O4S/c1-24-17-5-3-2-4-15(17)8-9-19-18-7-6-16(14-20-18)26(22,23)21-10-12-25-13-11-21/h2-7,14H,8-13H2,1H3,(H,19,20). The van der Waals surface area contributed by atoms with E-state index in [0.29, 0.717) is 38.7 Å². The Morgan fingerprint density at radius 1 is 1.19 bits per heavy atom. The fourth-order valence-electron chi connectivity index (χ4n) is 2.81. The van der Waals surface area contributed by atoms with Gasteiger partial charge < -0.3 is 14.8 Å². The van der Waals surface area contributed by atoms with Crippen molar-refractivity contribution in [3.05, 3.63) is 48.2 Å². The van der Waals surface area contributed by atoms with Gasteiger partial charge in [-0.3, -0.25) is 0 Å². The van der Waals surface area contributed by atoms with Crippen molar-refractivity contribution in [3.8, 4) is 5.75 Å². The Bertz CT molecular complexity index is 819. The van der Waals surface area contributed by atoms with Crippen molar-refractivity contribution in [2.24, 2.45) is 0 Å². The molecule has 1 aromatic carbocycles. The Hall–Kier alpha value is -2.16. The van der Waals surface area contributed by atoms with Crippen LogP contribution in [0.5, 0.6) is 5.75 Å². The molecular weight excluding hydrogens is 354 g/mol. The van der Waals surface area contributed by atoms with Gasteiger partial charge in [0.1, 0.15) is 16.5 Å². The highest BCUT2D eigenvalue weighted by Crippen LogP contribution is 2.19. The van der Waals surface area contributed by atoms with Gasteiger partial charge in [0.25, 0.3) is 0 Å². The summed E-state index contributed by atoms with van der Waals surface area (Å²) in [5, 5.41) is 3.21. The SMILES string of the molecule is COc1ccccc1CCNc1ccc(S(=O)(=O)N2CCOCC2)cn1. The van der Waals surface area contributed by atoms with Crippen molar-refractivity contribution in [3.63, 3.8) is 0 Å². The van der Waals surface area contributed by atoms with Crippen LogP contribution in [0.3, 0.4) is 0 Å². The summed E-state index contributed by atoms with van der Waals surface area (Å²) >= 11 is 0. The normalized spacial score (nSPS) is 15.6. The molecule has 2 heterocycles. The lowest BCUT2D eigenvalue weighted by Crippen LogP contribution is -2.40. The molecule has 1 aliphatic rings. The van der Waals surface area contributed by atoms with Gasteiger partial charge in [0.15, 0.2) is 0 Å². The summed E-state index contributed by atoms with van der Waals surface area (Å²) in [6, 6.07) is 11.1. The molecule has 8 heteroatoms. The van der Waals surface area contributed by atoms with Gasteiger partial charge in [-0.25, -0.2) is 13.4 Å². The predicted molar refractivity (Wildman–Crippen MR) is 99.0 cm³/mol. The lowest BCUT2D eigenvalue weighted by atomic mass is 10.1. The fourth-order valence-corrected chi connectivity index (χ4v) is 4.16. The number of ether oxygens (including phenoxy) is 2. The maximum absolute atomic E-state index is 12.6. The summed E-state index contributed by atoms with van der Waals surface area (Å²) in [6.45, 7) is 2.27. The number of sulfonamides is 1. The molecule has 0 radical (unpaired) electrons. The Morgan fingerprint density at radius 3 is 2.65 bits per heavy atom. The van der Waals surface area contributed by atoms with Crippen LogP contribution in [0, 0.1) is 0 Å². The van der Waals surface area contributed by atoms with E-state index in [0.717, 1.165) is 17.7 Å². The Balaban J connectivity index is 1.59. The molecule has 0 aliphatic carbocycles. The van der Waals surface area contributed by atoms with E-state index in [9.17, 15) is 8.42 Å². The second-order valence-electron chi connectivity index (χ2n) is 5.88. The van der Waals surface area contributed by atoms with Crippen LogP contribution in [0.2, 0.25) is 0 Å². The summed E-state index contributed by atoms with van der Waals surface area (Å²) in [4.78, 5) is 4.44. The predicted octanol–water partition coefficient (Wildman–Crippen LogP) is 1.77. The van der Waals surface area contributed by atoms with Gasteiger partial charge in [0, 0.05) is 25.8 Å². The number of hydrogen-bond acceptors (Lipinski definition) is 6. The number of methoxy groups -OCH3 is 1. The molecule has 2 aromatic rings. The van der Waals surface area contributed by atoms with Gasteiger partial charge in [-0.2, -0.15) is 4.31 Å². The Labute approximate surface area is 154 Å². The zero-order valence-corrected chi connectivity index (χ0v) is 15.5. The molecule has 1 fully saturated rings. The first-order chi connectivity index (χ1) is 12.6. The topological polar surface area (TPSA) is 80.8 Å². The quantitative estimate of drug-likeness (QED) is 0.792. The van der Waals surface area contributed by atoms with Gasteiger partial charge in [-0.1, -0.05) is 18.2 Å².